The Hall–Kier alpha value is -2.56. The quantitative estimate of drug-likeness (QED) is 0.354. The summed E-state index contributed by atoms with van der Waals surface area (Å²) in [5.74, 6) is 0.480. The molecule has 1 aromatic heterocycles. The van der Waals surface area contributed by atoms with Gasteiger partial charge in [0.2, 0.25) is 0 Å². The van der Waals surface area contributed by atoms with Crippen LogP contribution >= 0.6 is 23.4 Å². The van der Waals surface area contributed by atoms with Crippen molar-refractivity contribution in [1.29, 1.82) is 0 Å². The molecule has 0 bridgehead atoms. The maximum Gasteiger partial charge on any atom is 0.173 e. The lowest BCUT2D eigenvalue weighted by molar-refractivity contribution is 0.626. The van der Waals surface area contributed by atoms with Crippen LogP contribution in [-0.2, 0) is 5.75 Å². The Morgan fingerprint density at radius 2 is 1.70 bits per heavy atom. The van der Waals surface area contributed by atoms with Gasteiger partial charge in [-0.05, 0) is 35.9 Å². The van der Waals surface area contributed by atoms with Gasteiger partial charge >= 0.3 is 0 Å². The Kier molecular flexibility index (Phi) is 5.28. The molecule has 5 heteroatoms. The van der Waals surface area contributed by atoms with E-state index in [-0.39, 0.29) is 5.82 Å². The van der Waals surface area contributed by atoms with E-state index in [1.165, 1.54) is 12.1 Å². The van der Waals surface area contributed by atoms with Crippen molar-refractivity contribution in [3.05, 3.63) is 101 Å². The SMILES string of the molecule is Fc1cccc(-n2cc(-c3ccccc3)nc2SCc2ccc(Cl)cc2)c1. The summed E-state index contributed by atoms with van der Waals surface area (Å²) in [5, 5.41) is 1.53. The molecule has 0 aliphatic carbocycles. The monoisotopic (exact) mass is 394 g/mol. The van der Waals surface area contributed by atoms with Gasteiger partial charge in [-0.2, -0.15) is 0 Å². The number of thioether (sulfide) groups is 1. The molecule has 2 nitrogen and oxygen atoms in total. The first-order chi connectivity index (χ1) is 13.2. The molecule has 1 heterocycles. The highest BCUT2D eigenvalue weighted by molar-refractivity contribution is 7.98. The Balaban J connectivity index is 1.69. The number of halogens is 2. The fraction of sp³-hybridized carbons (Fsp3) is 0.0455. The molecule has 0 aliphatic rings. The first-order valence-electron chi connectivity index (χ1n) is 8.47. The second-order valence-corrected chi connectivity index (χ2v) is 7.42. The predicted octanol–water partition coefficient (Wildman–Crippen LogP) is 6.62. The Bertz CT molecular complexity index is 1050. The molecule has 0 atom stereocenters. The molecule has 0 fully saturated rings. The van der Waals surface area contributed by atoms with Crippen LogP contribution in [0.25, 0.3) is 16.9 Å². The summed E-state index contributed by atoms with van der Waals surface area (Å²) in [6.45, 7) is 0. The lowest BCUT2D eigenvalue weighted by Crippen LogP contribution is -1.95. The van der Waals surface area contributed by atoms with Gasteiger partial charge in [0.05, 0.1) is 11.4 Å². The lowest BCUT2D eigenvalue weighted by Gasteiger charge is -2.07. The van der Waals surface area contributed by atoms with E-state index < -0.39 is 0 Å². The summed E-state index contributed by atoms with van der Waals surface area (Å²) >= 11 is 7.57. The molecule has 4 aromatic rings. The summed E-state index contributed by atoms with van der Waals surface area (Å²) in [6.07, 6.45) is 1.95. The zero-order valence-corrected chi connectivity index (χ0v) is 15.9. The van der Waals surface area contributed by atoms with E-state index in [4.69, 9.17) is 16.6 Å². The maximum atomic E-state index is 13.7. The number of nitrogens with zero attached hydrogens (tertiary/aromatic N) is 2. The first-order valence-corrected chi connectivity index (χ1v) is 9.83. The van der Waals surface area contributed by atoms with Crippen LogP contribution in [0.4, 0.5) is 4.39 Å². The topological polar surface area (TPSA) is 17.8 Å². The van der Waals surface area contributed by atoms with E-state index in [0.29, 0.717) is 0 Å². The van der Waals surface area contributed by atoms with E-state index in [0.717, 1.165) is 38.4 Å². The molecule has 0 saturated carbocycles. The number of imidazole rings is 1. The number of aromatic nitrogens is 2. The fourth-order valence-electron chi connectivity index (χ4n) is 2.75. The third-order valence-electron chi connectivity index (χ3n) is 4.11. The molecule has 0 N–H and O–H groups in total. The summed E-state index contributed by atoms with van der Waals surface area (Å²) in [5.41, 5.74) is 3.79. The van der Waals surface area contributed by atoms with Crippen LogP contribution in [0.3, 0.4) is 0 Å². The molecule has 134 valence electrons. The summed E-state index contributed by atoms with van der Waals surface area (Å²) in [4.78, 5) is 4.80. The molecule has 0 amide bonds. The van der Waals surface area contributed by atoms with Crippen molar-refractivity contribution in [1.82, 2.24) is 9.55 Å². The molecule has 0 saturated heterocycles. The van der Waals surface area contributed by atoms with Crippen LogP contribution in [0.1, 0.15) is 5.56 Å². The van der Waals surface area contributed by atoms with Crippen molar-refractivity contribution < 1.29 is 4.39 Å². The van der Waals surface area contributed by atoms with Crippen LogP contribution in [-0.4, -0.2) is 9.55 Å². The summed E-state index contributed by atoms with van der Waals surface area (Å²) < 4.78 is 15.7. The molecule has 3 aromatic carbocycles. The minimum Gasteiger partial charge on any atom is -0.294 e. The second-order valence-electron chi connectivity index (χ2n) is 6.04. The summed E-state index contributed by atoms with van der Waals surface area (Å²) in [6, 6.07) is 24.3. The summed E-state index contributed by atoms with van der Waals surface area (Å²) in [7, 11) is 0. The average molecular weight is 395 g/mol. The Morgan fingerprint density at radius 1 is 0.926 bits per heavy atom. The van der Waals surface area contributed by atoms with Crippen LogP contribution in [0.15, 0.2) is 90.2 Å². The predicted molar refractivity (Wildman–Crippen MR) is 110 cm³/mol. The molecule has 0 radical (unpaired) electrons. The van der Waals surface area contributed by atoms with Crippen molar-refractivity contribution in [2.24, 2.45) is 0 Å². The third kappa shape index (κ3) is 4.24. The minimum absolute atomic E-state index is 0.267. The molecule has 0 unspecified atom stereocenters. The van der Waals surface area contributed by atoms with Gasteiger partial charge in [-0.1, -0.05) is 71.9 Å². The molecule has 0 spiro atoms. The number of rotatable bonds is 5. The van der Waals surface area contributed by atoms with Crippen molar-refractivity contribution >= 4 is 23.4 Å². The van der Waals surface area contributed by atoms with E-state index in [1.807, 2.05) is 71.4 Å². The van der Waals surface area contributed by atoms with Crippen molar-refractivity contribution in [3.63, 3.8) is 0 Å². The molecular weight excluding hydrogens is 379 g/mol. The van der Waals surface area contributed by atoms with Gasteiger partial charge in [-0.25, -0.2) is 9.37 Å². The van der Waals surface area contributed by atoms with Gasteiger partial charge in [0.1, 0.15) is 5.82 Å². The van der Waals surface area contributed by atoms with Crippen molar-refractivity contribution in [2.75, 3.05) is 0 Å². The molecule has 0 aliphatic heterocycles. The van der Waals surface area contributed by atoms with Gasteiger partial charge in [0.15, 0.2) is 5.16 Å². The van der Waals surface area contributed by atoms with Gasteiger partial charge in [0.25, 0.3) is 0 Å². The third-order valence-corrected chi connectivity index (χ3v) is 5.39. The minimum atomic E-state index is -0.267. The van der Waals surface area contributed by atoms with Crippen molar-refractivity contribution in [3.8, 4) is 16.9 Å². The number of hydrogen-bond donors (Lipinski definition) is 0. The molecule has 27 heavy (non-hydrogen) atoms. The largest absolute Gasteiger partial charge is 0.294 e. The highest BCUT2D eigenvalue weighted by atomic mass is 35.5. The maximum absolute atomic E-state index is 13.7. The van der Waals surface area contributed by atoms with Crippen LogP contribution in [0, 0.1) is 5.82 Å². The molecular formula is C22H16ClFN2S. The zero-order chi connectivity index (χ0) is 18.6. The zero-order valence-electron chi connectivity index (χ0n) is 14.3. The first kappa shape index (κ1) is 17.8. The highest BCUT2D eigenvalue weighted by Crippen LogP contribution is 2.29. The van der Waals surface area contributed by atoms with E-state index in [1.54, 1.807) is 17.8 Å². The van der Waals surface area contributed by atoms with Gasteiger partial charge in [-0.3, -0.25) is 4.57 Å². The van der Waals surface area contributed by atoms with Gasteiger partial charge in [0, 0.05) is 22.5 Å². The Labute approximate surface area is 166 Å². The van der Waals surface area contributed by atoms with Gasteiger partial charge in [-0.15, -0.1) is 0 Å². The smallest absolute Gasteiger partial charge is 0.173 e. The number of benzene rings is 3. The average Bonchev–Trinajstić information content (AvgIpc) is 3.13. The van der Waals surface area contributed by atoms with Crippen molar-refractivity contribution in [2.45, 2.75) is 10.9 Å². The van der Waals surface area contributed by atoms with Crippen LogP contribution in [0.5, 0.6) is 0 Å². The standard InChI is InChI=1S/C22H16ClFN2S/c23-18-11-9-16(10-12-18)15-27-22-25-21(17-5-2-1-3-6-17)14-26(22)20-8-4-7-19(24)13-20/h1-14H,15H2. The second kappa shape index (κ2) is 7.99. The van der Waals surface area contributed by atoms with Crippen LogP contribution < -0.4 is 0 Å². The van der Waals surface area contributed by atoms with Crippen LogP contribution in [0.2, 0.25) is 5.02 Å². The van der Waals surface area contributed by atoms with Gasteiger partial charge < -0.3 is 0 Å². The lowest BCUT2D eigenvalue weighted by atomic mass is 10.2. The number of hydrogen-bond acceptors (Lipinski definition) is 2. The highest BCUT2D eigenvalue weighted by Gasteiger charge is 2.12. The van der Waals surface area contributed by atoms with E-state index >= 15 is 0 Å². The van der Waals surface area contributed by atoms with E-state index in [2.05, 4.69) is 0 Å². The van der Waals surface area contributed by atoms with E-state index in [9.17, 15) is 4.39 Å². The normalized spacial score (nSPS) is 10.9. The fourth-order valence-corrected chi connectivity index (χ4v) is 3.83. The molecule has 4 rings (SSSR count). The Morgan fingerprint density at radius 3 is 2.44 bits per heavy atom.